The van der Waals surface area contributed by atoms with E-state index in [1.165, 1.54) is 12.1 Å². The fourth-order valence-corrected chi connectivity index (χ4v) is 4.58. The van der Waals surface area contributed by atoms with E-state index in [1.54, 1.807) is 0 Å². The predicted octanol–water partition coefficient (Wildman–Crippen LogP) is 0.177. The van der Waals surface area contributed by atoms with E-state index in [0.29, 0.717) is 0 Å². The molecule has 0 amide bonds. The molecular weight excluding hydrogens is 551 g/mol. The molecule has 2 aromatic heterocycles. The molecule has 0 aliphatic carbocycles. The van der Waals surface area contributed by atoms with Gasteiger partial charge in [0.15, 0.2) is 5.69 Å². The summed E-state index contributed by atoms with van der Waals surface area (Å²) in [6.45, 7) is -0.0507. The van der Waals surface area contributed by atoms with Gasteiger partial charge in [0.05, 0.1) is 22.7 Å². The van der Waals surface area contributed by atoms with Crippen molar-refractivity contribution >= 4 is 36.0 Å². The number of nitrogens with zero attached hydrogens (tertiary/aromatic N) is 4. The zero-order chi connectivity index (χ0) is 24.4. The number of rotatable bonds is 10. The van der Waals surface area contributed by atoms with Crippen LogP contribution in [0, 0.1) is 5.82 Å². The van der Waals surface area contributed by atoms with Gasteiger partial charge in [0.25, 0.3) is 0 Å². The Morgan fingerprint density at radius 2 is 1.88 bits per heavy atom. The molecule has 0 aliphatic heterocycles. The first-order valence-electron chi connectivity index (χ1n) is 9.12. The highest BCUT2D eigenvalue weighted by Crippen LogP contribution is 2.24. The number of aromatic nitrogens is 4. The summed E-state index contributed by atoms with van der Waals surface area (Å²) in [6, 6.07) is 2.98. The monoisotopic (exact) mass is 568 g/mol. The molecule has 3 aromatic rings. The number of benzene rings is 1. The van der Waals surface area contributed by atoms with E-state index in [9.17, 15) is 26.0 Å². The summed E-state index contributed by atoms with van der Waals surface area (Å²) < 4.78 is 75.1. The van der Waals surface area contributed by atoms with Gasteiger partial charge in [0.2, 0.25) is 25.9 Å². The third kappa shape index (κ3) is 6.76. The molecule has 0 spiro atoms. The van der Waals surface area contributed by atoms with Gasteiger partial charge in [0.1, 0.15) is 11.5 Å². The number of hydrogen-bond donors (Lipinski definition) is 2. The fourth-order valence-electron chi connectivity index (χ4n) is 2.92. The van der Waals surface area contributed by atoms with Crippen LogP contribution < -0.4 is 15.2 Å². The molecule has 13 nitrogen and oxygen atoms in total. The Labute approximate surface area is 195 Å². The van der Waals surface area contributed by atoms with Crippen LogP contribution in [0.2, 0.25) is 0 Å². The number of hydrogen-bond acceptors (Lipinski definition) is 10. The fraction of sp³-hybridized carbons (Fsp3) is 0.375. The standard InChI is InChI=1S/C16H18BrFN6O7S2/c1-32(26,27)19-6-5-9(23-33(2,28)29)7-13-14(21-31-20-13)15-22-30-16(25)24(15)10-3-4-12(18)11(17)8-10/h3-4,8-9,19,23H,5-7H2,1-2H3. The van der Waals surface area contributed by atoms with Crippen molar-refractivity contribution in [3.63, 3.8) is 0 Å². The van der Waals surface area contributed by atoms with Gasteiger partial charge >= 0.3 is 5.76 Å². The largest absolute Gasteiger partial charge is 0.446 e. The quantitative estimate of drug-likeness (QED) is 0.342. The van der Waals surface area contributed by atoms with Crippen molar-refractivity contribution in [2.45, 2.75) is 18.9 Å². The Hall–Kier alpha value is -2.47. The van der Waals surface area contributed by atoms with E-state index in [-0.39, 0.29) is 46.8 Å². The molecule has 0 saturated heterocycles. The van der Waals surface area contributed by atoms with E-state index < -0.39 is 37.7 Å². The van der Waals surface area contributed by atoms with Crippen molar-refractivity contribution < 1.29 is 30.4 Å². The smallest absolute Gasteiger partial charge is 0.295 e. The maximum absolute atomic E-state index is 13.6. The maximum atomic E-state index is 13.6. The van der Waals surface area contributed by atoms with Gasteiger partial charge in [-0.15, -0.1) is 0 Å². The van der Waals surface area contributed by atoms with Crippen molar-refractivity contribution in [1.29, 1.82) is 0 Å². The highest BCUT2D eigenvalue weighted by molar-refractivity contribution is 9.10. The minimum absolute atomic E-state index is 0.0160. The number of sulfonamides is 2. The van der Waals surface area contributed by atoms with Crippen molar-refractivity contribution in [3.05, 3.63) is 44.7 Å². The van der Waals surface area contributed by atoms with Crippen LogP contribution in [0.1, 0.15) is 12.1 Å². The lowest BCUT2D eigenvalue weighted by molar-refractivity contribution is 0.302. The second kappa shape index (κ2) is 9.80. The number of halogens is 2. The molecule has 17 heteroatoms. The molecule has 1 atom stereocenters. The van der Waals surface area contributed by atoms with E-state index >= 15 is 0 Å². The van der Waals surface area contributed by atoms with Crippen LogP contribution in [0.15, 0.2) is 36.6 Å². The van der Waals surface area contributed by atoms with E-state index in [2.05, 4.69) is 40.8 Å². The second-order valence-corrected chi connectivity index (χ2v) is 11.5. The molecular formula is C16H18BrFN6O7S2. The summed E-state index contributed by atoms with van der Waals surface area (Å²) in [5, 5.41) is 11.2. The van der Waals surface area contributed by atoms with Crippen LogP contribution in [0.3, 0.4) is 0 Å². The second-order valence-electron chi connectivity index (χ2n) is 7.01. The van der Waals surface area contributed by atoms with Crippen molar-refractivity contribution in [2.24, 2.45) is 0 Å². The average molecular weight is 569 g/mol. The molecule has 0 bridgehead atoms. The van der Waals surface area contributed by atoms with Crippen molar-refractivity contribution in [1.82, 2.24) is 29.5 Å². The van der Waals surface area contributed by atoms with Crippen LogP contribution in [-0.4, -0.2) is 62.0 Å². The van der Waals surface area contributed by atoms with Crippen molar-refractivity contribution in [2.75, 3.05) is 19.1 Å². The third-order valence-electron chi connectivity index (χ3n) is 4.21. The lowest BCUT2D eigenvalue weighted by Gasteiger charge is -2.16. The van der Waals surface area contributed by atoms with Gasteiger partial charge in [-0.3, -0.25) is 4.52 Å². The molecule has 0 saturated carbocycles. The highest BCUT2D eigenvalue weighted by atomic mass is 79.9. The summed E-state index contributed by atoms with van der Waals surface area (Å²) in [7, 11) is -7.14. The van der Waals surface area contributed by atoms with Crippen LogP contribution in [-0.2, 0) is 26.5 Å². The van der Waals surface area contributed by atoms with Gasteiger partial charge in [0, 0.05) is 19.0 Å². The molecule has 0 radical (unpaired) electrons. The van der Waals surface area contributed by atoms with Crippen molar-refractivity contribution in [3.8, 4) is 17.2 Å². The minimum atomic E-state index is -3.66. The Bertz CT molecular complexity index is 1420. The lowest BCUT2D eigenvalue weighted by Crippen LogP contribution is -2.38. The van der Waals surface area contributed by atoms with Gasteiger partial charge in [-0.2, -0.15) is 0 Å². The van der Waals surface area contributed by atoms with Gasteiger partial charge in [-0.25, -0.2) is 44.7 Å². The summed E-state index contributed by atoms with van der Waals surface area (Å²) in [5.74, 6) is -1.55. The molecule has 3 rings (SSSR count). The Kier molecular flexibility index (Phi) is 7.47. The van der Waals surface area contributed by atoms with Crippen LogP contribution >= 0.6 is 15.9 Å². The summed E-state index contributed by atoms with van der Waals surface area (Å²) in [4.78, 5) is 12.3. The Morgan fingerprint density at radius 3 is 2.52 bits per heavy atom. The van der Waals surface area contributed by atoms with Crippen LogP contribution in [0.25, 0.3) is 17.2 Å². The average Bonchev–Trinajstić information content (AvgIpc) is 3.27. The summed E-state index contributed by atoms with van der Waals surface area (Å²) in [5.41, 5.74) is 0.318. The molecule has 0 aliphatic rings. The first-order valence-corrected chi connectivity index (χ1v) is 13.7. The Balaban J connectivity index is 1.94. The third-order valence-corrected chi connectivity index (χ3v) is 6.31. The molecule has 33 heavy (non-hydrogen) atoms. The maximum Gasteiger partial charge on any atom is 0.446 e. The number of nitrogens with one attached hydrogen (secondary N) is 2. The minimum Gasteiger partial charge on any atom is -0.295 e. The van der Waals surface area contributed by atoms with E-state index in [4.69, 9.17) is 9.15 Å². The molecule has 180 valence electrons. The van der Waals surface area contributed by atoms with Crippen LogP contribution in [0.5, 0.6) is 0 Å². The van der Waals surface area contributed by atoms with E-state index in [1.807, 2.05) is 0 Å². The highest BCUT2D eigenvalue weighted by Gasteiger charge is 2.26. The zero-order valence-electron chi connectivity index (χ0n) is 17.1. The van der Waals surface area contributed by atoms with Gasteiger partial charge in [-0.1, -0.05) is 10.3 Å². The normalized spacial score (nSPS) is 13.3. The van der Waals surface area contributed by atoms with Crippen LogP contribution in [0.4, 0.5) is 4.39 Å². The van der Waals surface area contributed by atoms with Gasteiger partial charge in [-0.05, 0) is 45.7 Å². The zero-order valence-corrected chi connectivity index (χ0v) is 20.4. The summed E-state index contributed by atoms with van der Waals surface area (Å²) >= 11 is 3.04. The molecule has 2 heterocycles. The van der Waals surface area contributed by atoms with Gasteiger partial charge < -0.3 is 0 Å². The SMILES string of the molecule is CS(=O)(=O)NCCC(Cc1nonc1-c1noc(=O)n1-c1ccc(F)c(Br)c1)NS(C)(=O)=O. The first-order chi connectivity index (χ1) is 15.3. The molecule has 0 fully saturated rings. The Morgan fingerprint density at radius 1 is 1.15 bits per heavy atom. The molecule has 1 unspecified atom stereocenters. The lowest BCUT2D eigenvalue weighted by atomic mass is 10.1. The topological polar surface area (TPSA) is 179 Å². The van der Waals surface area contributed by atoms with E-state index in [0.717, 1.165) is 23.1 Å². The first kappa shape index (κ1) is 25.2. The predicted molar refractivity (Wildman–Crippen MR) is 116 cm³/mol. The summed E-state index contributed by atoms with van der Waals surface area (Å²) in [6.07, 6.45) is 1.92. The molecule has 1 aromatic carbocycles. The molecule has 2 N–H and O–H groups in total.